The van der Waals surface area contributed by atoms with E-state index < -0.39 is 0 Å². The first-order valence-electron chi connectivity index (χ1n) is 9.44. The van der Waals surface area contributed by atoms with Crippen molar-refractivity contribution in [1.29, 1.82) is 0 Å². The minimum Gasteiger partial charge on any atom is -0.494 e. The van der Waals surface area contributed by atoms with E-state index in [9.17, 15) is 0 Å². The van der Waals surface area contributed by atoms with Gasteiger partial charge in [0.25, 0.3) is 0 Å². The van der Waals surface area contributed by atoms with E-state index in [1.54, 1.807) is 0 Å². The van der Waals surface area contributed by atoms with Gasteiger partial charge < -0.3 is 15.0 Å². The molecule has 1 unspecified atom stereocenters. The maximum atomic E-state index is 6.16. The van der Waals surface area contributed by atoms with Gasteiger partial charge in [-0.25, -0.2) is 4.98 Å². The highest BCUT2D eigenvalue weighted by Crippen LogP contribution is 2.24. The Balaban J connectivity index is 1.71. The summed E-state index contributed by atoms with van der Waals surface area (Å²) >= 11 is 0. The van der Waals surface area contributed by atoms with E-state index in [4.69, 9.17) is 15.5 Å². The van der Waals surface area contributed by atoms with E-state index in [1.807, 2.05) is 19.1 Å². The van der Waals surface area contributed by atoms with Crippen LogP contribution >= 0.6 is 0 Å². The lowest BCUT2D eigenvalue weighted by Gasteiger charge is -2.13. The molecule has 0 aliphatic rings. The van der Waals surface area contributed by atoms with Crippen LogP contribution in [0.2, 0.25) is 0 Å². The molecule has 0 bridgehead atoms. The van der Waals surface area contributed by atoms with Crippen LogP contribution in [-0.2, 0) is 13.0 Å². The molecule has 0 spiro atoms. The van der Waals surface area contributed by atoms with Crippen LogP contribution in [0.4, 0.5) is 0 Å². The predicted octanol–water partition coefficient (Wildman–Crippen LogP) is 4.70. The third kappa shape index (κ3) is 3.91. The Hall–Kier alpha value is -2.33. The average molecular weight is 351 g/mol. The number of nitrogens with zero attached hydrogens (tertiary/aromatic N) is 2. The Kier molecular flexibility index (Phi) is 5.62. The third-order valence-corrected chi connectivity index (χ3v) is 4.93. The lowest BCUT2D eigenvalue weighted by Crippen LogP contribution is -2.15. The second-order valence-corrected chi connectivity index (χ2v) is 7.04. The van der Waals surface area contributed by atoms with E-state index in [-0.39, 0.29) is 6.04 Å². The lowest BCUT2D eigenvalue weighted by molar-refractivity contribution is 0.301. The zero-order chi connectivity index (χ0) is 18.7. The van der Waals surface area contributed by atoms with Crippen molar-refractivity contribution in [3.05, 3.63) is 58.9 Å². The van der Waals surface area contributed by atoms with Gasteiger partial charge in [0.15, 0.2) is 0 Å². The van der Waals surface area contributed by atoms with Crippen molar-refractivity contribution < 1.29 is 4.74 Å². The monoisotopic (exact) mass is 351 g/mol. The van der Waals surface area contributed by atoms with Crippen LogP contribution in [0.5, 0.6) is 5.75 Å². The van der Waals surface area contributed by atoms with Gasteiger partial charge in [0, 0.05) is 6.54 Å². The molecule has 2 N–H and O–H groups in total. The summed E-state index contributed by atoms with van der Waals surface area (Å²) < 4.78 is 8.14. The van der Waals surface area contributed by atoms with Gasteiger partial charge in [-0.3, -0.25) is 0 Å². The minimum atomic E-state index is -0.0921. The number of aryl methyl sites for hydroxylation is 4. The molecule has 0 radical (unpaired) electrons. The molecule has 0 fully saturated rings. The molecule has 0 saturated carbocycles. The number of hydrogen-bond donors (Lipinski definition) is 1. The Morgan fingerprint density at radius 2 is 1.81 bits per heavy atom. The van der Waals surface area contributed by atoms with Crippen molar-refractivity contribution in [3.63, 3.8) is 0 Å². The lowest BCUT2D eigenvalue weighted by atomic mass is 10.1. The summed E-state index contributed by atoms with van der Waals surface area (Å²) in [6.07, 6.45) is 1.96. The van der Waals surface area contributed by atoms with Gasteiger partial charge in [0.05, 0.1) is 23.7 Å². The molecule has 26 heavy (non-hydrogen) atoms. The topological polar surface area (TPSA) is 53.1 Å². The number of aromatic nitrogens is 2. The summed E-state index contributed by atoms with van der Waals surface area (Å²) in [6.45, 7) is 9.93. The van der Waals surface area contributed by atoms with Crippen molar-refractivity contribution in [1.82, 2.24) is 9.55 Å². The van der Waals surface area contributed by atoms with Crippen molar-refractivity contribution in [2.75, 3.05) is 6.61 Å². The third-order valence-electron chi connectivity index (χ3n) is 4.93. The van der Waals surface area contributed by atoms with E-state index in [2.05, 4.69) is 49.6 Å². The summed E-state index contributed by atoms with van der Waals surface area (Å²) in [6, 6.07) is 12.6. The number of fused-ring (bicyclic) bond motifs is 1. The fraction of sp³-hybridized carbons (Fsp3) is 0.409. The van der Waals surface area contributed by atoms with Gasteiger partial charge in [0.2, 0.25) is 0 Å². The van der Waals surface area contributed by atoms with Crippen LogP contribution in [-0.4, -0.2) is 16.2 Å². The number of nitrogens with two attached hydrogens (primary N) is 1. The summed E-state index contributed by atoms with van der Waals surface area (Å²) in [4.78, 5) is 4.77. The van der Waals surface area contributed by atoms with Crippen LogP contribution in [0.1, 0.15) is 48.8 Å². The quantitative estimate of drug-likeness (QED) is 0.628. The molecule has 0 amide bonds. The van der Waals surface area contributed by atoms with Crippen LogP contribution in [0.25, 0.3) is 11.0 Å². The number of hydrogen-bond acceptors (Lipinski definition) is 3. The van der Waals surface area contributed by atoms with Crippen LogP contribution in [0.3, 0.4) is 0 Å². The highest BCUT2D eigenvalue weighted by molar-refractivity contribution is 5.78. The average Bonchev–Trinajstić information content (AvgIpc) is 2.97. The normalized spacial score (nSPS) is 12.5. The smallest absolute Gasteiger partial charge is 0.126 e. The summed E-state index contributed by atoms with van der Waals surface area (Å²) in [5.74, 6) is 1.87. The van der Waals surface area contributed by atoms with Crippen molar-refractivity contribution in [3.8, 4) is 5.75 Å². The molecule has 3 aromatic rings. The minimum absolute atomic E-state index is 0.0921. The Labute approximate surface area is 156 Å². The number of rotatable bonds is 7. The Morgan fingerprint density at radius 3 is 2.46 bits per heavy atom. The van der Waals surface area contributed by atoms with Crippen LogP contribution < -0.4 is 10.5 Å². The summed E-state index contributed by atoms with van der Waals surface area (Å²) in [5, 5.41) is 0. The Morgan fingerprint density at radius 1 is 1.12 bits per heavy atom. The molecule has 1 heterocycles. The van der Waals surface area contributed by atoms with Crippen molar-refractivity contribution >= 4 is 11.0 Å². The van der Waals surface area contributed by atoms with Gasteiger partial charge >= 0.3 is 0 Å². The number of benzene rings is 2. The SMILES string of the molecule is CCc1ccc(OCCCn2c(C(C)N)nc3cc(C)c(C)cc32)cc1. The molecule has 1 atom stereocenters. The zero-order valence-electron chi connectivity index (χ0n) is 16.2. The maximum Gasteiger partial charge on any atom is 0.126 e. The molecule has 0 aliphatic carbocycles. The molecule has 4 nitrogen and oxygen atoms in total. The molecular formula is C22H29N3O. The number of imidazole rings is 1. The summed E-state index contributed by atoms with van der Waals surface area (Å²) in [5.41, 5.74) is 12.2. The fourth-order valence-corrected chi connectivity index (χ4v) is 3.22. The zero-order valence-corrected chi connectivity index (χ0v) is 16.2. The molecule has 3 rings (SSSR count). The second-order valence-electron chi connectivity index (χ2n) is 7.04. The number of ether oxygens (including phenoxy) is 1. The molecule has 2 aromatic carbocycles. The fourth-order valence-electron chi connectivity index (χ4n) is 3.22. The van der Waals surface area contributed by atoms with E-state index >= 15 is 0 Å². The molecule has 1 aromatic heterocycles. The van der Waals surface area contributed by atoms with Gasteiger partial charge in [-0.05, 0) is 74.6 Å². The largest absolute Gasteiger partial charge is 0.494 e. The first kappa shape index (κ1) is 18.5. The molecule has 0 saturated heterocycles. The first-order chi connectivity index (χ1) is 12.5. The predicted molar refractivity (Wildman–Crippen MR) is 108 cm³/mol. The van der Waals surface area contributed by atoms with Crippen molar-refractivity contribution in [2.45, 2.75) is 53.1 Å². The van der Waals surface area contributed by atoms with Crippen molar-refractivity contribution in [2.24, 2.45) is 5.73 Å². The standard InChI is InChI=1S/C22H29N3O/c1-5-18-7-9-19(10-8-18)26-12-6-11-25-21-14-16(3)15(2)13-20(21)24-22(25)17(4)23/h7-10,13-14,17H,5-6,11-12,23H2,1-4H3. The molecule has 138 valence electrons. The molecule has 4 heteroatoms. The highest BCUT2D eigenvalue weighted by atomic mass is 16.5. The second kappa shape index (κ2) is 7.92. The van der Waals surface area contributed by atoms with Gasteiger partial charge in [-0.2, -0.15) is 0 Å². The highest BCUT2D eigenvalue weighted by Gasteiger charge is 2.14. The van der Waals surface area contributed by atoms with Crippen LogP contribution in [0.15, 0.2) is 36.4 Å². The first-order valence-corrected chi connectivity index (χ1v) is 9.44. The van der Waals surface area contributed by atoms with E-state index in [1.165, 1.54) is 16.7 Å². The van der Waals surface area contributed by atoms with Gasteiger partial charge in [-0.15, -0.1) is 0 Å². The molecular weight excluding hydrogens is 322 g/mol. The van der Waals surface area contributed by atoms with E-state index in [0.29, 0.717) is 6.61 Å². The molecule has 0 aliphatic heterocycles. The van der Waals surface area contributed by atoms with Gasteiger partial charge in [0.1, 0.15) is 11.6 Å². The van der Waals surface area contributed by atoms with E-state index in [0.717, 1.165) is 42.0 Å². The summed E-state index contributed by atoms with van der Waals surface area (Å²) in [7, 11) is 0. The van der Waals surface area contributed by atoms with Gasteiger partial charge in [-0.1, -0.05) is 19.1 Å². The Bertz CT molecular complexity index is 879. The van der Waals surface area contributed by atoms with Crippen LogP contribution in [0, 0.1) is 13.8 Å². The maximum absolute atomic E-state index is 6.16.